The van der Waals surface area contributed by atoms with Crippen molar-refractivity contribution in [1.82, 2.24) is 5.16 Å². The van der Waals surface area contributed by atoms with Crippen molar-refractivity contribution in [2.75, 3.05) is 5.75 Å². The molecule has 3 rings (SSSR count). The topological polar surface area (TPSA) is 65.5 Å². The number of carbonyl (C=O) groups excluding carboxylic acids is 1. The van der Waals surface area contributed by atoms with Crippen LogP contribution in [0, 0.1) is 13.8 Å². The van der Waals surface area contributed by atoms with Crippen LogP contribution in [0.3, 0.4) is 0 Å². The minimum absolute atomic E-state index is 0.0798. The lowest BCUT2D eigenvalue weighted by molar-refractivity contribution is -0.141. The van der Waals surface area contributed by atoms with Crippen molar-refractivity contribution in [3.8, 4) is 11.5 Å². The number of furan rings is 1. The standard InChI is InChI=1S/C18H17NO4S/c1-12-5-6-17(13(2)8-12)24-11-18(20)22-10-14-9-16(23-19-14)15-4-3-7-21-15/h3-9H,10-11H2,1-2H3. The van der Waals surface area contributed by atoms with Gasteiger partial charge < -0.3 is 13.7 Å². The van der Waals surface area contributed by atoms with E-state index in [-0.39, 0.29) is 18.3 Å². The van der Waals surface area contributed by atoms with Crippen molar-refractivity contribution in [3.63, 3.8) is 0 Å². The highest BCUT2D eigenvalue weighted by molar-refractivity contribution is 8.00. The summed E-state index contributed by atoms with van der Waals surface area (Å²) in [6.07, 6.45) is 1.56. The molecule has 0 radical (unpaired) electrons. The van der Waals surface area contributed by atoms with Crippen LogP contribution in [0.4, 0.5) is 0 Å². The molecule has 0 aliphatic heterocycles. The number of aryl methyl sites for hydroxylation is 2. The highest BCUT2D eigenvalue weighted by atomic mass is 32.2. The molecule has 124 valence electrons. The molecule has 0 atom stereocenters. The zero-order valence-electron chi connectivity index (χ0n) is 13.4. The SMILES string of the molecule is Cc1ccc(SCC(=O)OCc2cc(-c3ccco3)on2)c(C)c1. The van der Waals surface area contributed by atoms with Gasteiger partial charge in [0.1, 0.15) is 12.3 Å². The van der Waals surface area contributed by atoms with E-state index >= 15 is 0 Å². The summed E-state index contributed by atoms with van der Waals surface area (Å²) in [6, 6.07) is 11.4. The van der Waals surface area contributed by atoms with E-state index < -0.39 is 0 Å². The molecular formula is C18H17NO4S. The van der Waals surface area contributed by atoms with Crippen molar-refractivity contribution < 1.29 is 18.5 Å². The third-order valence-corrected chi connectivity index (χ3v) is 4.53. The Labute approximate surface area is 144 Å². The molecular weight excluding hydrogens is 326 g/mol. The Morgan fingerprint density at radius 2 is 2.08 bits per heavy atom. The Morgan fingerprint density at radius 1 is 1.21 bits per heavy atom. The highest BCUT2D eigenvalue weighted by Crippen LogP contribution is 2.24. The molecule has 0 aliphatic rings. The van der Waals surface area contributed by atoms with Gasteiger partial charge in [0.15, 0.2) is 5.76 Å². The summed E-state index contributed by atoms with van der Waals surface area (Å²) >= 11 is 1.47. The predicted octanol–water partition coefficient (Wildman–Crippen LogP) is 4.39. The number of nitrogens with zero attached hydrogens (tertiary/aromatic N) is 1. The van der Waals surface area contributed by atoms with E-state index in [4.69, 9.17) is 13.7 Å². The van der Waals surface area contributed by atoms with Gasteiger partial charge in [-0.3, -0.25) is 4.79 Å². The third-order valence-electron chi connectivity index (χ3n) is 3.38. The first kappa shape index (κ1) is 16.4. The van der Waals surface area contributed by atoms with Crippen LogP contribution in [0.15, 0.2) is 56.5 Å². The van der Waals surface area contributed by atoms with E-state index in [1.807, 2.05) is 26.0 Å². The van der Waals surface area contributed by atoms with Gasteiger partial charge in [-0.05, 0) is 37.6 Å². The van der Waals surface area contributed by atoms with Crippen LogP contribution in [0.25, 0.3) is 11.5 Å². The number of esters is 1. The zero-order valence-corrected chi connectivity index (χ0v) is 14.3. The Kier molecular flexibility index (Phi) is 5.05. The molecule has 0 spiro atoms. The van der Waals surface area contributed by atoms with Gasteiger partial charge >= 0.3 is 5.97 Å². The lowest BCUT2D eigenvalue weighted by Gasteiger charge is -2.06. The third kappa shape index (κ3) is 4.08. The average molecular weight is 343 g/mol. The number of aromatic nitrogens is 1. The van der Waals surface area contributed by atoms with Gasteiger partial charge in [-0.1, -0.05) is 22.9 Å². The van der Waals surface area contributed by atoms with Crippen molar-refractivity contribution in [2.45, 2.75) is 25.3 Å². The smallest absolute Gasteiger partial charge is 0.316 e. The summed E-state index contributed by atoms with van der Waals surface area (Å²) in [5.41, 5.74) is 2.91. The monoisotopic (exact) mass is 343 g/mol. The maximum absolute atomic E-state index is 11.9. The number of rotatable bonds is 6. The molecule has 0 unspecified atom stereocenters. The number of benzene rings is 1. The van der Waals surface area contributed by atoms with E-state index in [1.165, 1.54) is 17.3 Å². The Balaban J connectivity index is 1.49. The normalized spacial score (nSPS) is 10.8. The van der Waals surface area contributed by atoms with E-state index in [1.54, 1.807) is 24.5 Å². The lowest BCUT2D eigenvalue weighted by atomic mass is 10.2. The summed E-state index contributed by atoms with van der Waals surface area (Å²) in [4.78, 5) is 13.0. The van der Waals surface area contributed by atoms with E-state index in [0.717, 1.165) is 10.5 Å². The molecule has 0 aliphatic carbocycles. The Hall–Kier alpha value is -2.47. The van der Waals surface area contributed by atoms with Gasteiger partial charge in [-0.2, -0.15) is 0 Å². The van der Waals surface area contributed by atoms with Gasteiger partial charge in [-0.25, -0.2) is 0 Å². The van der Waals surface area contributed by atoms with Crippen LogP contribution in [-0.2, 0) is 16.1 Å². The van der Waals surface area contributed by atoms with Crippen LogP contribution >= 0.6 is 11.8 Å². The summed E-state index contributed by atoms with van der Waals surface area (Å²) < 4.78 is 15.6. The first-order valence-electron chi connectivity index (χ1n) is 7.47. The zero-order chi connectivity index (χ0) is 16.9. The van der Waals surface area contributed by atoms with Crippen molar-refractivity contribution in [3.05, 3.63) is 59.5 Å². The molecule has 0 amide bonds. The van der Waals surface area contributed by atoms with Crippen molar-refractivity contribution >= 4 is 17.7 Å². The summed E-state index contributed by atoms with van der Waals surface area (Å²) in [7, 11) is 0. The van der Waals surface area contributed by atoms with E-state index in [9.17, 15) is 4.79 Å². The number of thioether (sulfide) groups is 1. The van der Waals surface area contributed by atoms with E-state index in [0.29, 0.717) is 17.2 Å². The molecule has 24 heavy (non-hydrogen) atoms. The molecule has 5 nitrogen and oxygen atoms in total. The molecule has 0 N–H and O–H groups in total. The molecule has 2 heterocycles. The van der Waals surface area contributed by atoms with Crippen LogP contribution in [0.5, 0.6) is 0 Å². The van der Waals surface area contributed by atoms with Gasteiger partial charge in [0, 0.05) is 11.0 Å². The van der Waals surface area contributed by atoms with Gasteiger partial charge in [0.05, 0.1) is 12.0 Å². The number of hydrogen-bond donors (Lipinski definition) is 0. The number of hydrogen-bond acceptors (Lipinski definition) is 6. The predicted molar refractivity (Wildman–Crippen MR) is 90.6 cm³/mol. The maximum Gasteiger partial charge on any atom is 0.316 e. The molecule has 2 aromatic heterocycles. The largest absolute Gasteiger partial charge is 0.461 e. The molecule has 0 bridgehead atoms. The fourth-order valence-corrected chi connectivity index (χ4v) is 3.02. The average Bonchev–Trinajstić information content (AvgIpc) is 3.23. The highest BCUT2D eigenvalue weighted by Gasteiger charge is 2.11. The van der Waals surface area contributed by atoms with Crippen LogP contribution in [0.1, 0.15) is 16.8 Å². The first-order valence-corrected chi connectivity index (χ1v) is 8.45. The number of ether oxygens (including phenoxy) is 1. The summed E-state index contributed by atoms with van der Waals surface area (Å²) in [5.74, 6) is 1.07. The Bertz CT molecular complexity index is 823. The van der Waals surface area contributed by atoms with Crippen LogP contribution < -0.4 is 0 Å². The molecule has 1 aromatic carbocycles. The summed E-state index contributed by atoms with van der Waals surface area (Å²) in [6.45, 7) is 4.16. The van der Waals surface area contributed by atoms with Gasteiger partial charge in [0.25, 0.3) is 0 Å². The fraction of sp³-hybridized carbons (Fsp3) is 0.222. The second-order valence-electron chi connectivity index (χ2n) is 5.38. The molecule has 0 saturated carbocycles. The minimum atomic E-state index is -0.289. The molecule has 3 aromatic rings. The number of carbonyl (C=O) groups is 1. The maximum atomic E-state index is 11.9. The molecule has 0 saturated heterocycles. The van der Waals surface area contributed by atoms with Crippen LogP contribution in [-0.4, -0.2) is 16.9 Å². The summed E-state index contributed by atoms with van der Waals surface area (Å²) in [5, 5.41) is 3.87. The van der Waals surface area contributed by atoms with E-state index in [2.05, 4.69) is 11.2 Å². The quantitative estimate of drug-likeness (QED) is 0.488. The van der Waals surface area contributed by atoms with Crippen LogP contribution in [0.2, 0.25) is 0 Å². The van der Waals surface area contributed by atoms with Gasteiger partial charge in [0.2, 0.25) is 5.76 Å². The lowest BCUT2D eigenvalue weighted by Crippen LogP contribution is -2.07. The van der Waals surface area contributed by atoms with Gasteiger partial charge in [-0.15, -0.1) is 11.8 Å². The first-order chi connectivity index (χ1) is 11.6. The Morgan fingerprint density at radius 3 is 2.83 bits per heavy atom. The second kappa shape index (κ2) is 7.40. The second-order valence-corrected chi connectivity index (χ2v) is 6.40. The van der Waals surface area contributed by atoms with Crippen molar-refractivity contribution in [1.29, 1.82) is 0 Å². The molecule has 0 fully saturated rings. The molecule has 6 heteroatoms. The van der Waals surface area contributed by atoms with Crippen molar-refractivity contribution in [2.24, 2.45) is 0 Å². The minimum Gasteiger partial charge on any atom is -0.461 e. The fourth-order valence-electron chi connectivity index (χ4n) is 2.21.